The van der Waals surface area contributed by atoms with Gasteiger partial charge in [-0.05, 0) is 48.9 Å². The first kappa shape index (κ1) is 25.4. The number of hydrogen-bond acceptors (Lipinski definition) is 8. The van der Waals surface area contributed by atoms with Gasteiger partial charge < -0.3 is 14.9 Å². The fraction of sp³-hybridized carbons (Fsp3) is 0.320. The number of benzene rings is 1. The molecule has 0 radical (unpaired) electrons. The van der Waals surface area contributed by atoms with Gasteiger partial charge in [0, 0.05) is 25.1 Å². The summed E-state index contributed by atoms with van der Waals surface area (Å²) in [6.07, 6.45) is 1.57. The number of alkyl halides is 1. The summed E-state index contributed by atoms with van der Waals surface area (Å²) in [5.41, 5.74) is 1.03. The molecule has 10 nitrogen and oxygen atoms in total. The first-order valence-corrected chi connectivity index (χ1v) is 13.8. The van der Waals surface area contributed by atoms with Crippen LogP contribution in [0.5, 0.6) is 0 Å². The molecule has 6 rings (SSSR count). The van der Waals surface area contributed by atoms with Crippen LogP contribution in [-0.4, -0.2) is 65.0 Å². The van der Waals surface area contributed by atoms with Gasteiger partial charge in [-0.2, -0.15) is 12.9 Å². The molecule has 1 aromatic carbocycles. The van der Waals surface area contributed by atoms with E-state index < -0.39 is 40.0 Å². The van der Waals surface area contributed by atoms with Crippen molar-refractivity contribution in [3.63, 3.8) is 0 Å². The highest BCUT2D eigenvalue weighted by Crippen LogP contribution is 2.38. The van der Waals surface area contributed by atoms with Crippen molar-refractivity contribution in [1.29, 1.82) is 0 Å². The second-order valence-corrected chi connectivity index (χ2v) is 11.2. The van der Waals surface area contributed by atoms with E-state index in [1.54, 1.807) is 18.2 Å². The third kappa shape index (κ3) is 4.85. The number of aromatic nitrogens is 4. The van der Waals surface area contributed by atoms with E-state index in [2.05, 4.69) is 19.8 Å². The molecule has 0 spiro atoms. The maximum atomic E-state index is 14.5. The zero-order valence-electron chi connectivity index (χ0n) is 20.5. The first-order chi connectivity index (χ1) is 18.7. The van der Waals surface area contributed by atoms with Crippen LogP contribution in [0.4, 0.5) is 30.5 Å². The SMILES string of the molecule is O=S(=O)(Nc1cnc2ccc(N3C[C@@H](F)C[C@@H]3c3cc(F)ccc3F)nn12)c1ccc(N2CC[C@H](O)C2)cn1. The Morgan fingerprint density at radius 1 is 1.03 bits per heavy atom. The molecule has 14 heteroatoms. The van der Waals surface area contributed by atoms with Crippen LogP contribution < -0.4 is 14.5 Å². The number of halogens is 3. The number of aliphatic hydroxyl groups excluding tert-OH is 1. The molecule has 2 saturated heterocycles. The van der Waals surface area contributed by atoms with Gasteiger partial charge in [-0.15, -0.1) is 5.10 Å². The van der Waals surface area contributed by atoms with E-state index in [9.17, 15) is 26.7 Å². The fourth-order valence-electron chi connectivity index (χ4n) is 5.07. The zero-order chi connectivity index (χ0) is 27.3. The molecule has 0 bridgehead atoms. The molecule has 2 aliphatic rings. The smallest absolute Gasteiger partial charge is 0.280 e. The predicted octanol–water partition coefficient (Wildman–Crippen LogP) is 3.06. The van der Waals surface area contributed by atoms with Crippen molar-refractivity contribution in [3.05, 3.63) is 72.1 Å². The molecule has 0 amide bonds. The van der Waals surface area contributed by atoms with E-state index in [0.29, 0.717) is 30.8 Å². The average molecular weight is 560 g/mol. The molecule has 204 valence electrons. The minimum atomic E-state index is -4.13. The lowest BCUT2D eigenvalue weighted by molar-refractivity contribution is 0.198. The molecule has 2 fully saturated rings. The molecule has 2 aliphatic heterocycles. The van der Waals surface area contributed by atoms with Crippen LogP contribution in [0.2, 0.25) is 0 Å². The average Bonchev–Trinajstić information content (AvgIpc) is 3.63. The number of anilines is 3. The van der Waals surface area contributed by atoms with Crippen molar-refractivity contribution in [2.45, 2.75) is 36.2 Å². The highest BCUT2D eigenvalue weighted by Gasteiger charge is 2.36. The number of aliphatic hydroxyl groups is 1. The van der Waals surface area contributed by atoms with Crippen molar-refractivity contribution in [2.24, 2.45) is 0 Å². The van der Waals surface area contributed by atoms with Crippen LogP contribution >= 0.6 is 0 Å². The predicted molar refractivity (Wildman–Crippen MR) is 137 cm³/mol. The Labute approximate surface area is 221 Å². The normalized spacial score (nSPS) is 21.7. The highest BCUT2D eigenvalue weighted by atomic mass is 32.2. The Hall–Kier alpha value is -3.91. The monoisotopic (exact) mass is 559 g/mol. The van der Waals surface area contributed by atoms with Gasteiger partial charge in [-0.3, -0.25) is 4.72 Å². The van der Waals surface area contributed by atoms with Gasteiger partial charge in [-0.25, -0.2) is 23.1 Å². The van der Waals surface area contributed by atoms with Crippen LogP contribution in [-0.2, 0) is 10.0 Å². The van der Waals surface area contributed by atoms with Crippen LogP contribution in [0, 0.1) is 11.6 Å². The summed E-state index contributed by atoms with van der Waals surface area (Å²) in [5, 5.41) is 14.0. The number of sulfonamides is 1. The molecule has 0 aliphatic carbocycles. The molecule has 2 N–H and O–H groups in total. The van der Waals surface area contributed by atoms with Gasteiger partial charge in [0.1, 0.15) is 23.6 Å². The lowest BCUT2D eigenvalue weighted by atomic mass is 10.0. The van der Waals surface area contributed by atoms with E-state index in [0.717, 1.165) is 18.2 Å². The van der Waals surface area contributed by atoms with Gasteiger partial charge in [0.15, 0.2) is 16.5 Å². The van der Waals surface area contributed by atoms with E-state index in [4.69, 9.17) is 0 Å². The van der Waals surface area contributed by atoms with Gasteiger partial charge in [-0.1, -0.05) is 0 Å². The number of nitrogens with one attached hydrogen (secondary N) is 1. The summed E-state index contributed by atoms with van der Waals surface area (Å²) in [5.74, 6) is -1.03. The molecular weight excluding hydrogens is 535 g/mol. The Morgan fingerprint density at radius 2 is 1.87 bits per heavy atom. The molecule has 4 aromatic rings. The van der Waals surface area contributed by atoms with E-state index >= 15 is 0 Å². The largest absolute Gasteiger partial charge is 0.391 e. The summed E-state index contributed by atoms with van der Waals surface area (Å²) < 4.78 is 72.8. The van der Waals surface area contributed by atoms with Crippen molar-refractivity contribution in [1.82, 2.24) is 19.6 Å². The minimum absolute atomic E-state index is 0.0153. The summed E-state index contributed by atoms with van der Waals surface area (Å²) in [6, 6.07) is 8.38. The first-order valence-electron chi connectivity index (χ1n) is 12.3. The lowest BCUT2D eigenvalue weighted by Gasteiger charge is -2.26. The molecule has 39 heavy (non-hydrogen) atoms. The van der Waals surface area contributed by atoms with Crippen molar-refractivity contribution in [3.8, 4) is 0 Å². The maximum absolute atomic E-state index is 14.5. The van der Waals surface area contributed by atoms with Crippen molar-refractivity contribution >= 4 is 33.0 Å². The third-order valence-electron chi connectivity index (χ3n) is 6.97. The number of β-amino-alcohol motifs (C(OH)–C–C–N with tert-alkyl or cyclic N) is 1. The Bertz CT molecular complexity index is 1630. The number of rotatable bonds is 6. The molecule has 5 heterocycles. The Morgan fingerprint density at radius 3 is 2.62 bits per heavy atom. The van der Waals surface area contributed by atoms with E-state index in [1.165, 1.54) is 27.9 Å². The molecule has 0 unspecified atom stereocenters. The Kier molecular flexibility index (Phi) is 6.30. The van der Waals surface area contributed by atoms with Gasteiger partial charge in [0.2, 0.25) is 0 Å². The van der Waals surface area contributed by atoms with E-state index in [1.807, 2.05) is 4.90 Å². The molecule has 3 atom stereocenters. The Balaban J connectivity index is 1.28. The second kappa shape index (κ2) is 9.68. The molecule has 3 aromatic heterocycles. The van der Waals surface area contributed by atoms with E-state index in [-0.39, 0.29) is 35.2 Å². The van der Waals surface area contributed by atoms with Crippen LogP contribution in [0.25, 0.3) is 5.65 Å². The summed E-state index contributed by atoms with van der Waals surface area (Å²) in [7, 11) is -4.13. The number of fused-ring (bicyclic) bond motifs is 1. The maximum Gasteiger partial charge on any atom is 0.280 e. The van der Waals surface area contributed by atoms with Gasteiger partial charge in [0.25, 0.3) is 10.0 Å². The van der Waals surface area contributed by atoms with Crippen LogP contribution in [0.15, 0.2) is 59.9 Å². The highest BCUT2D eigenvalue weighted by molar-refractivity contribution is 7.92. The lowest BCUT2D eigenvalue weighted by Crippen LogP contribution is -2.26. The third-order valence-corrected chi connectivity index (χ3v) is 8.24. The van der Waals surface area contributed by atoms with Crippen LogP contribution in [0.3, 0.4) is 0 Å². The van der Waals surface area contributed by atoms with Gasteiger partial charge >= 0.3 is 0 Å². The quantitative estimate of drug-likeness (QED) is 0.371. The minimum Gasteiger partial charge on any atom is -0.391 e. The molecule has 0 saturated carbocycles. The molecular formula is C25H24F3N7O3S. The number of imidazole rings is 1. The summed E-state index contributed by atoms with van der Waals surface area (Å²) >= 11 is 0. The number of hydrogen-bond donors (Lipinski definition) is 2. The zero-order valence-corrected chi connectivity index (χ0v) is 21.3. The number of pyridine rings is 1. The standard InChI is InChI=1S/C25H24F3N7O3S/c26-15-1-3-20(28)19(9-15)21-10-16(27)13-34(21)23-5-4-22-29-12-24(35(22)31-23)32-39(37,38)25-6-2-17(11-30-25)33-8-7-18(36)14-33/h1-6,9,11-12,16,18,21,32,36H,7-8,10,13-14H2/t16-,18-,21+/m0/s1. The van der Waals surface area contributed by atoms with Gasteiger partial charge in [0.05, 0.1) is 36.8 Å². The topological polar surface area (TPSA) is 116 Å². The summed E-state index contributed by atoms with van der Waals surface area (Å²) in [6.45, 7) is 1.00. The number of nitrogens with zero attached hydrogens (tertiary/aromatic N) is 6. The van der Waals surface area contributed by atoms with Crippen molar-refractivity contribution in [2.75, 3.05) is 34.2 Å². The second-order valence-electron chi connectivity index (χ2n) is 9.62. The van der Waals surface area contributed by atoms with Crippen molar-refractivity contribution < 1.29 is 26.7 Å². The summed E-state index contributed by atoms with van der Waals surface area (Å²) in [4.78, 5) is 11.7. The van der Waals surface area contributed by atoms with Crippen LogP contribution in [0.1, 0.15) is 24.4 Å². The fourth-order valence-corrected chi connectivity index (χ4v) is 6.03.